The highest BCUT2D eigenvalue weighted by Gasteiger charge is 2.31. The van der Waals surface area contributed by atoms with Crippen LogP contribution in [0.3, 0.4) is 0 Å². The average Bonchev–Trinajstić information content (AvgIpc) is 2.85. The summed E-state index contributed by atoms with van der Waals surface area (Å²) in [5, 5.41) is 3.09. The molecular formula is C17H15NO4. The Kier molecular flexibility index (Phi) is 3.78. The first-order valence-electron chi connectivity index (χ1n) is 7.03. The first kappa shape index (κ1) is 14.1. The first-order chi connectivity index (χ1) is 10.7. The van der Waals surface area contributed by atoms with Crippen LogP contribution in [0.1, 0.15) is 39.4 Å². The number of rotatable bonds is 4. The Morgan fingerprint density at radius 3 is 2.73 bits per heavy atom. The van der Waals surface area contributed by atoms with E-state index in [2.05, 4.69) is 5.32 Å². The lowest BCUT2D eigenvalue weighted by molar-refractivity contribution is 0.0437. The normalized spacial score (nSPS) is 15.9. The molecule has 0 bridgehead atoms. The maximum absolute atomic E-state index is 12.0. The van der Waals surface area contributed by atoms with Crippen molar-refractivity contribution >= 4 is 17.6 Å². The lowest BCUT2D eigenvalue weighted by Crippen LogP contribution is -2.14. The summed E-state index contributed by atoms with van der Waals surface area (Å²) in [5.41, 5.74) is 2.26. The number of carbonyl (C=O) groups is 2. The number of ether oxygens (including phenoxy) is 2. The number of esters is 2. The number of cyclic esters (lactones) is 1. The highest BCUT2D eigenvalue weighted by molar-refractivity contribution is 5.97. The van der Waals surface area contributed by atoms with Crippen molar-refractivity contribution in [3.63, 3.8) is 0 Å². The van der Waals surface area contributed by atoms with E-state index in [4.69, 9.17) is 9.47 Å². The Balaban J connectivity index is 1.89. The first-order valence-corrected chi connectivity index (χ1v) is 7.03. The molecule has 0 spiro atoms. The highest BCUT2D eigenvalue weighted by atomic mass is 16.6. The lowest BCUT2D eigenvalue weighted by atomic mass is 10.1. The SMILES string of the molecule is CCOC(=O)c1ccccc1N[C@@H]1OC(=O)c2ccccc21. The average molecular weight is 297 g/mol. The van der Waals surface area contributed by atoms with Crippen LogP contribution in [0.15, 0.2) is 48.5 Å². The molecule has 5 nitrogen and oxygen atoms in total. The van der Waals surface area contributed by atoms with E-state index in [1.165, 1.54) is 0 Å². The molecule has 0 amide bonds. The third kappa shape index (κ3) is 2.53. The van der Waals surface area contributed by atoms with Crippen LogP contribution < -0.4 is 5.32 Å². The van der Waals surface area contributed by atoms with Crippen LogP contribution in [0.4, 0.5) is 5.69 Å². The van der Waals surface area contributed by atoms with Gasteiger partial charge in [-0.1, -0.05) is 30.3 Å². The summed E-state index contributed by atoms with van der Waals surface area (Å²) >= 11 is 0. The zero-order valence-electron chi connectivity index (χ0n) is 12.0. The fourth-order valence-electron chi connectivity index (χ4n) is 2.39. The third-order valence-corrected chi connectivity index (χ3v) is 3.40. The van der Waals surface area contributed by atoms with Gasteiger partial charge in [-0.05, 0) is 25.1 Å². The van der Waals surface area contributed by atoms with E-state index >= 15 is 0 Å². The maximum Gasteiger partial charge on any atom is 0.340 e. The van der Waals surface area contributed by atoms with Crippen molar-refractivity contribution in [2.24, 2.45) is 0 Å². The van der Waals surface area contributed by atoms with Gasteiger partial charge >= 0.3 is 11.9 Å². The summed E-state index contributed by atoms with van der Waals surface area (Å²) in [6.07, 6.45) is -0.612. The molecular weight excluding hydrogens is 282 g/mol. The number of anilines is 1. The molecule has 0 unspecified atom stereocenters. The largest absolute Gasteiger partial charge is 0.462 e. The molecule has 1 aliphatic heterocycles. The molecule has 0 saturated heterocycles. The molecule has 3 rings (SSSR count). The van der Waals surface area contributed by atoms with Gasteiger partial charge < -0.3 is 14.8 Å². The zero-order chi connectivity index (χ0) is 15.5. The van der Waals surface area contributed by atoms with Crippen molar-refractivity contribution in [3.05, 3.63) is 65.2 Å². The molecule has 2 aromatic rings. The molecule has 1 atom stereocenters. The van der Waals surface area contributed by atoms with Crippen LogP contribution in [0, 0.1) is 0 Å². The fourth-order valence-corrected chi connectivity index (χ4v) is 2.39. The van der Waals surface area contributed by atoms with Gasteiger partial charge in [0.2, 0.25) is 6.23 Å². The van der Waals surface area contributed by atoms with E-state index in [1.54, 1.807) is 43.3 Å². The molecule has 1 heterocycles. The van der Waals surface area contributed by atoms with Crippen molar-refractivity contribution in [1.82, 2.24) is 0 Å². The number of nitrogens with one attached hydrogen (secondary N) is 1. The second-order valence-corrected chi connectivity index (χ2v) is 4.78. The standard InChI is InChI=1S/C17H15NO4/c1-2-21-16(19)13-9-5-6-10-14(13)18-15-11-7-3-4-8-12(11)17(20)22-15/h3-10,15,18H,2H2,1H3/t15-/m1/s1. The summed E-state index contributed by atoms with van der Waals surface area (Å²) in [6.45, 7) is 2.05. The van der Waals surface area contributed by atoms with Crippen LogP contribution >= 0.6 is 0 Å². The number of hydrogen-bond donors (Lipinski definition) is 1. The minimum atomic E-state index is -0.612. The molecule has 1 N–H and O–H groups in total. The molecule has 22 heavy (non-hydrogen) atoms. The molecule has 5 heteroatoms. The molecule has 0 fully saturated rings. The van der Waals surface area contributed by atoms with Crippen LogP contribution in [0.5, 0.6) is 0 Å². The molecule has 0 radical (unpaired) electrons. The number of para-hydroxylation sites is 1. The summed E-state index contributed by atoms with van der Waals surface area (Å²) in [5.74, 6) is -0.787. The van der Waals surface area contributed by atoms with Gasteiger partial charge in [0, 0.05) is 5.56 Å². The molecule has 0 saturated carbocycles. The van der Waals surface area contributed by atoms with Crippen molar-refractivity contribution < 1.29 is 19.1 Å². The summed E-state index contributed by atoms with van der Waals surface area (Å²) < 4.78 is 10.4. The van der Waals surface area contributed by atoms with Crippen molar-refractivity contribution in [2.75, 3.05) is 11.9 Å². The van der Waals surface area contributed by atoms with Crippen LogP contribution in [0.2, 0.25) is 0 Å². The van der Waals surface area contributed by atoms with Crippen molar-refractivity contribution in [3.8, 4) is 0 Å². The van der Waals surface area contributed by atoms with E-state index in [1.807, 2.05) is 12.1 Å². The smallest absolute Gasteiger partial charge is 0.340 e. The Hall–Kier alpha value is -2.82. The zero-order valence-corrected chi connectivity index (χ0v) is 12.0. The van der Waals surface area contributed by atoms with E-state index in [0.29, 0.717) is 23.4 Å². The Morgan fingerprint density at radius 1 is 1.18 bits per heavy atom. The van der Waals surface area contributed by atoms with Gasteiger partial charge in [-0.2, -0.15) is 0 Å². The predicted octanol–water partition coefficient (Wildman–Crippen LogP) is 3.14. The molecule has 2 aromatic carbocycles. The topological polar surface area (TPSA) is 64.6 Å². The third-order valence-electron chi connectivity index (χ3n) is 3.40. The monoisotopic (exact) mass is 297 g/mol. The van der Waals surface area contributed by atoms with Gasteiger partial charge in [0.05, 0.1) is 23.4 Å². The number of benzene rings is 2. The fraction of sp³-hybridized carbons (Fsp3) is 0.176. The number of carbonyl (C=O) groups excluding carboxylic acids is 2. The van der Waals surface area contributed by atoms with E-state index < -0.39 is 12.2 Å². The van der Waals surface area contributed by atoms with Crippen LogP contribution in [-0.2, 0) is 9.47 Å². The van der Waals surface area contributed by atoms with Gasteiger partial charge in [-0.25, -0.2) is 9.59 Å². The predicted molar refractivity (Wildman–Crippen MR) is 80.6 cm³/mol. The number of fused-ring (bicyclic) bond motifs is 1. The minimum absolute atomic E-state index is 0.300. The summed E-state index contributed by atoms with van der Waals surface area (Å²) in [4.78, 5) is 23.8. The van der Waals surface area contributed by atoms with E-state index in [0.717, 1.165) is 5.56 Å². The summed E-state index contributed by atoms with van der Waals surface area (Å²) in [7, 11) is 0. The Bertz CT molecular complexity index is 726. The van der Waals surface area contributed by atoms with Gasteiger partial charge in [-0.3, -0.25) is 0 Å². The van der Waals surface area contributed by atoms with Crippen molar-refractivity contribution in [2.45, 2.75) is 13.2 Å². The van der Waals surface area contributed by atoms with Gasteiger partial charge in [-0.15, -0.1) is 0 Å². The van der Waals surface area contributed by atoms with Crippen LogP contribution in [-0.4, -0.2) is 18.5 Å². The Labute approximate surface area is 127 Å². The van der Waals surface area contributed by atoms with E-state index in [9.17, 15) is 9.59 Å². The Morgan fingerprint density at radius 2 is 1.91 bits per heavy atom. The molecule has 0 aromatic heterocycles. The maximum atomic E-state index is 12.0. The quantitative estimate of drug-likeness (QED) is 0.878. The van der Waals surface area contributed by atoms with Gasteiger partial charge in [0.15, 0.2) is 0 Å². The molecule has 0 aliphatic carbocycles. The van der Waals surface area contributed by atoms with Crippen LogP contribution in [0.25, 0.3) is 0 Å². The van der Waals surface area contributed by atoms with Crippen molar-refractivity contribution in [1.29, 1.82) is 0 Å². The second kappa shape index (κ2) is 5.89. The van der Waals surface area contributed by atoms with Gasteiger partial charge in [0.25, 0.3) is 0 Å². The highest BCUT2D eigenvalue weighted by Crippen LogP contribution is 2.32. The van der Waals surface area contributed by atoms with E-state index in [-0.39, 0.29) is 5.97 Å². The minimum Gasteiger partial charge on any atom is -0.462 e. The second-order valence-electron chi connectivity index (χ2n) is 4.78. The number of hydrogen-bond acceptors (Lipinski definition) is 5. The summed E-state index contributed by atoms with van der Waals surface area (Å²) in [6, 6.07) is 14.1. The lowest BCUT2D eigenvalue weighted by Gasteiger charge is -2.16. The molecule has 112 valence electrons. The molecule has 1 aliphatic rings. The van der Waals surface area contributed by atoms with Gasteiger partial charge in [0.1, 0.15) is 0 Å².